The van der Waals surface area contributed by atoms with Gasteiger partial charge in [0, 0.05) is 42.6 Å². The zero-order valence-electron chi connectivity index (χ0n) is 18.8. The number of hydrogen-bond acceptors (Lipinski definition) is 5. The third-order valence-electron chi connectivity index (χ3n) is 6.08. The first-order chi connectivity index (χ1) is 15.2. The molecule has 33 heavy (non-hydrogen) atoms. The molecule has 1 aromatic carbocycles. The SMILES string of the molecule is CC(C)C[C@@H]1CN(S(=O)(=O)C2=CC=CCC2=S)CCN1c1ccc([C@](C)(O)C(F)(F)F)cc1. The predicted molar refractivity (Wildman–Crippen MR) is 128 cm³/mol. The maximum atomic E-state index is 13.3. The van der Waals surface area contributed by atoms with Crippen LogP contribution in [0.25, 0.3) is 0 Å². The van der Waals surface area contributed by atoms with Crippen LogP contribution in [0.15, 0.2) is 47.4 Å². The summed E-state index contributed by atoms with van der Waals surface area (Å²) in [5.41, 5.74) is -2.50. The van der Waals surface area contributed by atoms with Gasteiger partial charge in [-0.15, -0.1) is 0 Å². The van der Waals surface area contributed by atoms with Gasteiger partial charge in [0.15, 0.2) is 5.60 Å². The fraction of sp³-hybridized carbons (Fsp3) is 0.522. The molecule has 3 rings (SSSR count). The van der Waals surface area contributed by atoms with Crippen molar-refractivity contribution < 1.29 is 26.7 Å². The molecule has 0 amide bonds. The molecule has 182 valence electrons. The van der Waals surface area contributed by atoms with E-state index in [1.54, 1.807) is 18.2 Å². The second-order valence-corrected chi connectivity index (χ2v) is 11.4. The average Bonchev–Trinajstić information content (AvgIpc) is 2.73. The van der Waals surface area contributed by atoms with Crippen molar-refractivity contribution in [3.05, 3.63) is 53.0 Å². The van der Waals surface area contributed by atoms with Crippen LogP contribution in [0.3, 0.4) is 0 Å². The molecule has 1 aliphatic heterocycles. The molecule has 0 unspecified atom stereocenters. The smallest absolute Gasteiger partial charge is 0.376 e. The summed E-state index contributed by atoms with van der Waals surface area (Å²) in [5, 5.41) is 9.93. The van der Waals surface area contributed by atoms with E-state index < -0.39 is 21.8 Å². The number of halogens is 3. The molecule has 1 fully saturated rings. The number of rotatable bonds is 6. The van der Waals surface area contributed by atoms with E-state index in [9.17, 15) is 26.7 Å². The fourth-order valence-electron chi connectivity index (χ4n) is 4.16. The summed E-state index contributed by atoms with van der Waals surface area (Å²) < 4.78 is 67.5. The molecule has 0 aromatic heterocycles. The Morgan fingerprint density at radius 2 is 1.82 bits per heavy atom. The van der Waals surface area contributed by atoms with Crippen LogP contribution in [-0.2, 0) is 15.6 Å². The van der Waals surface area contributed by atoms with Crippen LogP contribution in [0, 0.1) is 5.92 Å². The van der Waals surface area contributed by atoms with E-state index in [1.807, 2.05) is 24.8 Å². The summed E-state index contributed by atoms with van der Waals surface area (Å²) in [7, 11) is -3.73. The number of nitrogens with zero attached hydrogens (tertiary/aromatic N) is 2. The highest BCUT2D eigenvalue weighted by molar-refractivity contribution is 7.96. The lowest BCUT2D eigenvalue weighted by molar-refractivity contribution is -0.258. The third-order valence-corrected chi connectivity index (χ3v) is 8.55. The number of piperazine rings is 1. The quantitative estimate of drug-likeness (QED) is 0.579. The first-order valence-corrected chi connectivity index (χ1v) is 12.7. The van der Waals surface area contributed by atoms with Crippen molar-refractivity contribution in [1.82, 2.24) is 4.31 Å². The van der Waals surface area contributed by atoms with Gasteiger partial charge in [0.05, 0.1) is 4.91 Å². The predicted octanol–water partition coefficient (Wildman–Crippen LogP) is 4.54. The topological polar surface area (TPSA) is 60.9 Å². The van der Waals surface area contributed by atoms with Gasteiger partial charge in [-0.2, -0.15) is 17.5 Å². The Labute approximate surface area is 198 Å². The Morgan fingerprint density at radius 1 is 1.18 bits per heavy atom. The number of allylic oxidation sites excluding steroid dienone is 4. The maximum absolute atomic E-state index is 13.3. The largest absolute Gasteiger partial charge is 0.421 e. The van der Waals surface area contributed by atoms with Crippen molar-refractivity contribution in [2.24, 2.45) is 5.92 Å². The van der Waals surface area contributed by atoms with E-state index in [2.05, 4.69) is 0 Å². The Bertz CT molecular complexity index is 1050. The number of thiocarbonyl (C=S) groups is 1. The summed E-state index contributed by atoms with van der Waals surface area (Å²) in [6.07, 6.45) is 1.39. The van der Waals surface area contributed by atoms with E-state index >= 15 is 0 Å². The van der Waals surface area contributed by atoms with Crippen molar-refractivity contribution in [2.45, 2.75) is 51.4 Å². The molecule has 1 heterocycles. The number of hydrogen-bond donors (Lipinski definition) is 1. The lowest BCUT2D eigenvalue weighted by Gasteiger charge is -2.43. The van der Waals surface area contributed by atoms with E-state index in [1.165, 1.54) is 22.5 Å². The zero-order valence-corrected chi connectivity index (χ0v) is 20.5. The number of anilines is 1. The lowest BCUT2D eigenvalue weighted by atomic mass is 9.94. The van der Waals surface area contributed by atoms with Crippen LogP contribution in [0.2, 0.25) is 0 Å². The van der Waals surface area contributed by atoms with Crippen molar-refractivity contribution in [1.29, 1.82) is 0 Å². The number of sulfonamides is 1. The van der Waals surface area contributed by atoms with Crippen LogP contribution in [0.1, 0.15) is 39.2 Å². The third kappa shape index (κ3) is 5.34. The molecule has 1 aliphatic carbocycles. The van der Waals surface area contributed by atoms with Crippen molar-refractivity contribution in [3.8, 4) is 0 Å². The molecule has 5 nitrogen and oxygen atoms in total. The summed E-state index contributed by atoms with van der Waals surface area (Å²) >= 11 is 5.28. The van der Waals surface area contributed by atoms with Gasteiger partial charge in [-0.3, -0.25) is 0 Å². The minimum Gasteiger partial charge on any atom is -0.376 e. The van der Waals surface area contributed by atoms with Gasteiger partial charge in [0.25, 0.3) is 0 Å². The number of benzene rings is 1. The lowest BCUT2D eigenvalue weighted by Crippen LogP contribution is -2.55. The van der Waals surface area contributed by atoms with Gasteiger partial charge >= 0.3 is 6.18 Å². The van der Waals surface area contributed by atoms with Crippen molar-refractivity contribution >= 4 is 32.8 Å². The highest BCUT2D eigenvalue weighted by Crippen LogP contribution is 2.39. The highest BCUT2D eigenvalue weighted by Gasteiger charge is 2.51. The number of alkyl halides is 3. The summed E-state index contributed by atoms with van der Waals surface area (Å²) in [6, 6.07) is 5.50. The zero-order chi connectivity index (χ0) is 24.6. The Hall–Kier alpha value is -1.75. The van der Waals surface area contributed by atoms with Gasteiger partial charge in [0.2, 0.25) is 10.0 Å². The molecule has 1 aromatic rings. The monoisotopic (exact) mass is 502 g/mol. The molecular formula is C23H29F3N2O3S2. The second-order valence-electron chi connectivity index (χ2n) is 9.04. The van der Waals surface area contributed by atoms with Crippen molar-refractivity contribution in [2.75, 3.05) is 24.5 Å². The maximum Gasteiger partial charge on any atom is 0.421 e. The van der Waals surface area contributed by atoms with Crippen LogP contribution >= 0.6 is 12.2 Å². The molecule has 0 spiro atoms. The molecule has 1 N–H and O–H groups in total. The van der Waals surface area contributed by atoms with Gasteiger partial charge in [-0.25, -0.2) is 8.42 Å². The van der Waals surface area contributed by atoms with Gasteiger partial charge in [-0.05, 0) is 43.0 Å². The Kier molecular flexibility index (Phi) is 7.43. The minimum absolute atomic E-state index is 0.157. The van der Waals surface area contributed by atoms with Crippen LogP contribution in [-0.4, -0.2) is 54.5 Å². The molecule has 10 heteroatoms. The first-order valence-electron chi connectivity index (χ1n) is 10.8. The van der Waals surface area contributed by atoms with E-state index in [-0.39, 0.29) is 35.5 Å². The molecule has 0 saturated carbocycles. The van der Waals surface area contributed by atoms with E-state index in [0.29, 0.717) is 29.9 Å². The normalized spacial score (nSPS) is 22.4. The molecule has 0 radical (unpaired) electrons. The van der Waals surface area contributed by atoms with Crippen LogP contribution in [0.5, 0.6) is 0 Å². The first kappa shape index (κ1) is 25.9. The summed E-state index contributed by atoms with van der Waals surface area (Å²) in [6.45, 7) is 5.70. The van der Waals surface area contributed by atoms with Gasteiger partial charge < -0.3 is 10.0 Å². The Morgan fingerprint density at radius 3 is 2.36 bits per heavy atom. The van der Waals surface area contributed by atoms with E-state index in [4.69, 9.17) is 12.2 Å². The van der Waals surface area contributed by atoms with Gasteiger partial charge in [-0.1, -0.05) is 50.4 Å². The standard InChI is InChI=1S/C23H29F3N2O3S2/c1-16(2)14-19-15-27(33(30,31)21-7-5-4-6-20(21)32)12-13-28(19)18-10-8-17(9-11-18)22(3,29)23(24,25)26/h4-5,7-11,16,19,29H,6,12-15H2,1-3H3/t19-,22+/m1/s1. The van der Waals surface area contributed by atoms with Crippen LogP contribution in [0.4, 0.5) is 18.9 Å². The average molecular weight is 503 g/mol. The molecule has 2 atom stereocenters. The van der Waals surface area contributed by atoms with E-state index in [0.717, 1.165) is 6.92 Å². The minimum atomic E-state index is -4.79. The second kappa shape index (κ2) is 9.48. The molecule has 0 bridgehead atoms. The Balaban J connectivity index is 1.85. The molecule has 1 saturated heterocycles. The number of aliphatic hydroxyl groups is 1. The summed E-state index contributed by atoms with van der Waals surface area (Å²) in [4.78, 5) is 2.59. The van der Waals surface area contributed by atoms with Gasteiger partial charge in [0.1, 0.15) is 0 Å². The summed E-state index contributed by atoms with van der Waals surface area (Å²) in [5.74, 6) is 0.281. The van der Waals surface area contributed by atoms with Crippen molar-refractivity contribution in [3.63, 3.8) is 0 Å². The highest BCUT2D eigenvalue weighted by atomic mass is 32.2. The van der Waals surface area contributed by atoms with Crippen LogP contribution < -0.4 is 4.90 Å². The molecule has 2 aliphatic rings. The fourth-order valence-corrected chi connectivity index (χ4v) is 6.24. The molecular weight excluding hydrogens is 473 g/mol.